The maximum Gasteiger partial charge on any atom is 0.315 e. The first-order valence-corrected chi connectivity index (χ1v) is 13.5. The number of hydrogen-bond acceptors (Lipinski definition) is 9. The van der Waals surface area contributed by atoms with Crippen LogP contribution < -0.4 is 10.6 Å². The zero-order valence-electron chi connectivity index (χ0n) is 24.2. The van der Waals surface area contributed by atoms with E-state index in [1.54, 1.807) is 48.5 Å². The second kappa shape index (κ2) is 16.6. The number of esters is 3. The first-order chi connectivity index (χ1) is 17.5. The van der Waals surface area contributed by atoms with Gasteiger partial charge in [-0.15, -0.1) is 9.24 Å². The van der Waals surface area contributed by atoms with Crippen LogP contribution in [0.4, 0.5) is 0 Å². The van der Waals surface area contributed by atoms with E-state index in [1.165, 1.54) is 0 Å². The first-order valence-electron chi connectivity index (χ1n) is 12.9. The Balaban J connectivity index is 5.62. The van der Waals surface area contributed by atoms with Gasteiger partial charge in [0, 0.05) is 19.5 Å². The van der Waals surface area contributed by atoms with E-state index in [-0.39, 0.29) is 51.9 Å². The molecule has 0 saturated carbocycles. The van der Waals surface area contributed by atoms with E-state index in [0.717, 1.165) is 0 Å². The van der Waals surface area contributed by atoms with Gasteiger partial charge in [0.05, 0.1) is 28.5 Å². The minimum atomic E-state index is -1.27. The summed E-state index contributed by atoms with van der Waals surface area (Å²) in [6, 6.07) is 0. The van der Waals surface area contributed by atoms with Crippen molar-refractivity contribution in [3.63, 3.8) is 0 Å². The van der Waals surface area contributed by atoms with Crippen molar-refractivity contribution in [2.45, 2.75) is 73.4 Å². The molecule has 0 aliphatic rings. The summed E-state index contributed by atoms with van der Waals surface area (Å²) in [6.45, 7) is 13.0. The lowest BCUT2D eigenvalue weighted by Crippen LogP contribution is -2.46. The Kier molecular flexibility index (Phi) is 15.7. The molecule has 0 heterocycles. The predicted octanol–water partition coefficient (Wildman–Crippen LogP) is 2.01. The van der Waals surface area contributed by atoms with Crippen molar-refractivity contribution in [1.82, 2.24) is 10.6 Å². The van der Waals surface area contributed by atoms with Crippen molar-refractivity contribution in [1.29, 1.82) is 0 Å². The number of carbonyl (C=O) groups excluding carboxylic acids is 5. The Morgan fingerprint density at radius 2 is 1.34 bits per heavy atom. The molecule has 2 atom stereocenters. The van der Waals surface area contributed by atoms with Gasteiger partial charge in [-0.2, -0.15) is 0 Å². The number of nitrogens with one attached hydrogen (secondary N) is 2. The molecule has 0 aromatic rings. The maximum atomic E-state index is 12.7. The van der Waals surface area contributed by atoms with E-state index in [2.05, 4.69) is 19.9 Å². The average Bonchev–Trinajstić information content (AvgIpc) is 2.83. The van der Waals surface area contributed by atoms with Crippen LogP contribution in [0.5, 0.6) is 0 Å². The summed E-state index contributed by atoms with van der Waals surface area (Å²) in [5, 5.41) is 4.34. The highest BCUT2D eigenvalue weighted by molar-refractivity contribution is 7.20. The maximum absolute atomic E-state index is 12.7. The Bertz CT molecular complexity index is 809. The summed E-state index contributed by atoms with van der Waals surface area (Å²) < 4.78 is 22.2. The SMILES string of the molecule is CCNC(=O)CCNC(=O)COCC(COC(=O)C(C)C)(COC(=O)C(C)(C)P)COC(=O)C(C)(C)CC. The van der Waals surface area contributed by atoms with Crippen molar-refractivity contribution in [3.05, 3.63) is 0 Å². The van der Waals surface area contributed by atoms with Crippen molar-refractivity contribution in [2.75, 3.05) is 46.1 Å². The second-order valence-corrected chi connectivity index (χ2v) is 12.4. The number of carbonyl (C=O) groups is 5. The Labute approximate surface area is 229 Å². The topological polar surface area (TPSA) is 146 Å². The third kappa shape index (κ3) is 14.0. The minimum Gasteiger partial charge on any atom is -0.465 e. The fourth-order valence-electron chi connectivity index (χ4n) is 2.62. The molecule has 2 unspecified atom stereocenters. The molecule has 12 heteroatoms. The summed E-state index contributed by atoms with van der Waals surface area (Å²) >= 11 is 0. The van der Waals surface area contributed by atoms with Gasteiger partial charge in [0.2, 0.25) is 11.8 Å². The lowest BCUT2D eigenvalue weighted by Gasteiger charge is -2.34. The van der Waals surface area contributed by atoms with Gasteiger partial charge in [-0.1, -0.05) is 20.8 Å². The summed E-state index contributed by atoms with van der Waals surface area (Å²) in [4.78, 5) is 61.2. The Morgan fingerprint density at radius 1 is 0.789 bits per heavy atom. The molecule has 0 radical (unpaired) electrons. The van der Waals surface area contributed by atoms with Crippen LogP contribution >= 0.6 is 9.24 Å². The van der Waals surface area contributed by atoms with Crippen LogP contribution in [-0.2, 0) is 42.9 Å². The largest absolute Gasteiger partial charge is 0.465 e. The van der Waals surface area contributed by atoms with Gasteiger partial charge in [-0.25, -0.2) is 0 Å². The smallest absolute Gasteiger partial charge is 0.315 e. The lowest BCUT2D eigenvalue weighted by molar-refractivity contribution is -0.174. The molecular weight excluding hydrogens is 515 g/mol. The quantitative estimate of drug-likeness (QED) is 0.145. The molecule has 0 aromatic carbocycles. The van der Waals surface area contributed by atoms with Crippen LogP contribution in [0.3, 0.4) is 0 Å². The van der Waals surface area contributed by atoms with Gasteiger partial charge in [-0.05, 0) is 41.0 Å². The fraction of sp³-hybridized carbons (Fsp3) is 0.808. The summed E-state index contributed by atoms with van der Waals surface area (Å²) in [5.41, 5.74) is -2.03. The first kappa shape index (κ1) is 35.7. The van der Waals surface area contributed by atoms with E-state index >= 15 is 0 Å². The molecule has 0 aromatic heterocycles. The van der Waals surface area contributed by atoms with Crippen LogP contribution in [0.25, 0.3) is 0 Å². The van der Waals surface area contributed by atoms with Gasteiger partial charge >= 0.3 is 17.9 Å². The molecular formula is C26H47N2O9P. The molecule has 38 heavy (non-hydrogen) atoms. The molecule has 0 rings (SSSR count). The molecule has 0 aliphatic heterocycles. The highest BCUT2D eigenvalue weighted by Gasteiger charge is 2.39. The summed E-state index contributed by atoms with van der Waals surface area (Å²) in [5.74, 6) is -2.56. The summed E-state index contributed by atoms with van der Waals surface area (Å²) in [6.07, 6.45) is 0.656. The fourth-order valence-corrected chi connectivity index (χ4v) is 2.70. The molecule has 0 saturated heterocycles. The van der Waals surface area contributed by atoms with Crippen LogP contribution in [0.15, 0.2) is 0 Å². The van der Waals surface area contributed by atoms with Gasteiger partial charge in [0.25, 0.3) is 0 Å². The molecule has 0 bridgehead atoms. The standard InChI is InChI=1S/C26H47N2O9P/c1-9-24(5,6)22(32)36-16-26(15-35-21(31)18(3)4,17-37-23(33)25(7,8)38)14-34-13-20(30)28-12-11-19(29)27-10-2/h18H,9-17,38H2,1-8H3,(H,27,29)(H,28,30). The third-order valence-corrected chi connectivity index (χ3v) is 5.90. The molecule has 0 spiro atoms. The molecule has 2 N–H and O–H groups in total. The third-order valence-electron chi connectivity index (χ3n) is 5.66. The number of ether oxygens (including phenoxy) is 4. The normalized spacial score (nSPS) is 13.3. The van der Waals surface area contributed by atoms with Crippen LogP contribution in [0.2, 0.25) is 0 Å². The number of rotatable bonds is 18. The van der Waals surface area contributed by atoms with Crippen molar-refractivity contribution in [2.24, 2.45) is 16.7 Å². The Morgan fingerprint density at radius 3 is 1.84 bits per heavy atom. The number of amides is 2. The van der Waals surface area contributed by atoms with Crippen LogP contribution in [-0.4, -0.2) is 81.0 Å². The average molecular weight is 563 g/mol. The highest BCUT2D eigenvalue weighted by atomic mass is 31.0. The van der Waals surface area contributed by atoms with Gasteiger partial charge < -0.3 is 29.6 Å². The minimum absolute atomic E-state index is 0.124. The van der Waals surface area contributed by atoms with Gasteiger partial charge in [0.15, 0.2) is 0 Å². The molecule has 0 fully saturated rings. The second-order valence-electron chi connectivity index (χ2n) is 10.9. The van der Waals surface area contributed by atoms with Crippen molar-refractivity contribution < 1.29 is 42.9 Å². The highest BCUT2D eigenvalue weighted by Crippen LogP contribution is 2.27. The number of hydrogen-bond donors (Lipinski definition) is 2. The van der Waals surface area contributed by atoms with Crippen molar-refractivity contribution >= 4 is 39.0 Å². The molecule has 2 amide bonds. The van der Waals surface area contributed by atoms with Crippen LogP contribution in [0.1, 0.15) is 68.2 Å². The zero-order valence-corrected chi connectivity index (χ0v) is 25.3. The van der Waals surface area contributed by atoms with E-state index in [4.69, 9.17) is 18.9 Å². The van der Waals surface area contributed by atoms with Gasteiger partial charge in [0.1, 0.15) is 26.4 Å². The Hall–Kier alpha value is -2.26. The lowest BCUT2D eigenvalue weighted by atomic mass is 9.89. The van der Waals surface area contributed by atoms with Crippen LogP contribution in [0, 0.1) is 16.7 Å². The molecule has 11 nitrogen and oxygen atoms in total. The van der Waals surface area contributed by atoms with E-state index in [0.29, 0.717) is 13.0 Å². The predicted molar refractivity (Wildman–Crippen MR) is 145 cm³/mol. The summed E-state index contributed by atoms with van der Waals surface area (Å²) in [7, 11) is 2.39. The van der Waals surface area contributed by atoms with E-state index in [9.17, 15) is 24.0 Å². The molecule has 220 valence electrons. The monoisotopic (exact) mass is 562 g/mol. The van der Waals surface area contributed by atoms with E-state index in [1.807, 2.05) is 6.92 Å². The van der Waals surface area contributed by atoms with E-state index < -0.39 is 45.7 Å². The zero-order chi connectivity index (χ0) is 29.6. The van der Waals surface area contributed by atoms with Crippen molar-refractivity contribution in [3.8, 4) is 0 Å². The van der Waals surface area contributed by atoms with Gasteiger partial charge in [-0.3, -0.25) is 24.0 Å². The molecule has 0 aliphatic carbocycles.